The number of ether oxygens (including phenoxy) is 1. The molecule has 114 valence electrons. The molecule has 2 heterocycles. The van der Waals surface area contributed by atoms with Crippen LogP contribution in [0.4, 0.5) is 0 Å². The Balaban J connectivity index is 2.04. The number of carbonyl (C=O) groups is 1. The van der Waals surface area contributed by atoms with Crippen LogP contribution in [0.3, 0.4) is 0 Å². The highest BCUT2D eigenvalue weighted by molar-refractivity contribution is 5.94. The zero-order valence-electron chi connectivity index (χ0n) is 13.0. The van der Waals surface area contributed by atoms with Gasteiger partial charge in [0, 0.05) is 31.6 Å². The van der Waals surface area contributed by atoms with E-state index in [1.807, 2.05) is 36.6 Å². The Morgan fingerprint density at radius 1 is 1.38 bits per heavy atom. The van der Waals surface area contributed by atoms with E-state index < -0.39 is 0 Å². The summed E-state index contributed by atoms with van der Waals surface area (Å²) in [5, 5.41) is 2.91. The molecule has 2 rings (SSSR count). The number of nitrogens with one attached hydrogen (secondary N) is 1. The molecule has 0 atom stereocenters. The van der Waals surface area contributed by atoms with Crippen molar-refractivity contribution in [3.8, 4) is 0 Å². The van der Waals surface area contributed by atoms with Crippen LogP contribution in [0.15, 0.2) is 18.3 Å². The van der Waals surface area contributed by atoms with Crippen LogP contribution in [0.1, 0.15) is 42.0 Å². The van der Waals surface area contributed by atoms with Crippen LogP contribution >= 0.6 is 0 Å². The third kappa shape index (κ3) is 3.61. The summed E-state index contributed by atoms with van der Waals surface area (Å²) in [4.78, 5) is 16.7. The van der Waals surface area contributed by atoms with E-state index in [9.17, 15) is 4.79 Å². The molecule has 5 nitrogen and oxygen atoms in total. The molecule has 21 heavy (non-hydrogen) atoms. The smallest absolute Gasteiger partial charge is 0.252 e. The van der Waals surface area contributed by atoms with Gasteiger partial charge in [-0.1, -0.05) is 6.92 Å². The molecule has 0 fully saturated rings. The molecule has 1 amide bonds. The average Bonchev–Trinajstić information content (AvgIpc) is 2.82. The minimum Gasteiger partial charge on any atom is -0.382 e. The minimum atomic E-state index is -0.0560. The zero-order chi connectivity index (χ0) is 15.2. The zero-order valence-corrected chi connectivity index (χ0v) is 13.0. The molecule has 0 saturated heterocycles. The standard InChI is InChI=1S/C16H23N3O2/c1-4-14-12(3)19-11-13(7-8-15(19)18-14)16(20)17-9-6-10-21-5-2/h7-8,11H,4-6,9-10H2,1-3H3,(H,17,20). The van der Waals surface area contributed by atoms with Crippen molar-refractivity contribution in [2.24, 2.45) is 0 Å². The Morgan fingerprint density at radius 2 is 2.19 bits per heavy atom. The molecule has 0 spiro atoms. The van der Waals surface area contributed by atoms with Gasteiger partial charge in [-0.3, -0.25) is 4.79 Å². The van der Waals surface area contributed by atoms with Crippen molar-refractivity contribution >= 4 is 11.6 Å². The molecular formula is C16H23N3O2. The number of rotatable bonds is 7. The first-order valence-corrected chi connectivity index (χ1v) is 7.50. The van der Waals surface area contributed by atoms with E-state index in [1.54, 1.807) is 0 Å². The summed E-state index contributed by atoms with van der Waals surface area (Å²) >= 11 is 0. The second-order valence-corrected chi connectivity index (χ2v) is 4.95. The molecule has 0 aliphatic carbocycles. The van der Waals surface area contributed by atoms with Crippen molar-refractivity contribution in [2.75, 3.05) is 19.8 Å². The van der Waals surface area contributed by atoms with Crippen LogP contribution in [-0.4, -0.2) is 35.1 Å². The summed E-state index contributed by atoms with van der Waals surface area (Å²) in [5.41, 5.74) is 3.71. The van der Waals surface area contributed by atoms with Gasteiger partial charge in [0.2, 0.25) is 0 Å². The maximum Gasteiger partial charge on any atom is 0.252 e. The fraction of sp³-hybridized carbons (Fsp3) is 0.500. The molecule has 0 radical (unpaired) electrons. The van der Waals surface area contributed by atoms with Crippen LogP contribution in [0.5, 0.6) is 0 Å². The normalized spacial score (nSPS) is 11.0. The van der Waals surface area contributed by atoms with Gasteiger partial charge in [-0.25, -0.2) is 4.98 Å². The third-order valence-corrected chi connectivity index (χ3v) is 3.51. The Labute approximate surface area is 125 Å². The Kier molecular flexibility index (Phi) is 5.33. The number of aromatic nitrogens is 2. The number of carbonyl (C=O) groups excluding carboxylic acids is 1. The van der Waals surface area contributed by atoms with Gasteiger partial charge in [-0.15, -0.1) is 0 Å². The molecule has 0 aliphatic heterocycles. The predicted octanol–water partition coefficient (Wildman–Crippen LogP) is 2.36. The molecule has 0 bridgehead atoms. The molecule has 1 N–H and O–H groups in total. The van der Waals surface area contributed by atoms with Crippen LogP contribution in [0, 0.1) is 6.92 Å². The van der Waals surface area contributed by atoms with Crippen molar-refractivity contribution in [3.05, 3.63) is 35.3 Å². The summed E-state index contributed by atoms with van der Waals surface area (Å²) < 4.78 is 7.23. The fourth-order valence-electron chi connectivity index (χ4n) is 2.30. The summed E-state index contributed by atoms with van der Waals surface area (Å²) in [6, 6.07) is 3.71. The van der Waals surface area contributed by atoms with Gasteiger partial charge in [0.25, 0.3) is 5.91 Å². The molecular weight excluding hydrogens is 266 g/mol. The molecule has 2 aromatic rings. The predicted molar refractivity (Wildman–Crippen MR) is 82.8 cm³/mol. The first-order valence-electron chi connectivity index (χ1n) is 7.50. The van der Waals surface area contributed by atoms with Crippen molar-refractivity contribution in [1.29, 1.82) is 0 Å². The van der Waals surface area contributed by atoms with E-state index in [0.717, 1.165) is 29.9 Å². The first-order chi connectivity index (χ1) is 10.2. The van der Waals surface area contributed by atoms with Crippen molar-refractivity contribution in [1.82, 2.24) is 14.7 Å². The van der Waals surface area contributed by atoms with Gasteiger partial charge in [-0.2, -0.15) is 0 Å². The lowest BCUT2D eigenvalue weighted by molar-refractivity contribution is 0.0944. The van der Waals surface area contributed by atoms with Gasteiger partial charge >= 0.3 is 0 Å². The largest absolute Gasteiger partial charge is 0.382 e. The quantitative estimate of drug-likeness (QED) is 0.796. The Morgan fingerprint density at radius 3 is 2.90 bits per heavy atom. The third-order valence-electron chi connectivity index (χ3n) is 3.51. The number of aryl methyl sites for hydroxylation is 2. The molecule has 0 aromatic carbocycles. The molecule has 2 aromatic heterocycles. The number of pyridine rings is 1. The lowest BCUT2D eigenvalue weighted by Gasteiger charge is -2.06. The summed E-state index contributed by atoms with van der Waals surface area (Å²) in [7, 11) is 0. The fourth-order valence-corrected chi connectivity index (χ4v) is 2.30. The number of amides is 1. The van der Waals surface area contributed by atoms with Crippen LogP contribution in [-0.2, 0) is 11.2 Å². The van der Waals surface area contributed by atoms with E-state index in [-0.39, 0.29) is 5.91 Å². The van der Waals surface area contributed by atoms with Gasteiger partial charge < -0.3 is 14.5 Å². The summed E-state index contributed by atoms with van der Waals surface area (Å²) in [5.74, 6) is -0.0560. The van der Waals surface area contributed by atoms with Crippen molar-refractivity contribution in [3.63, 3.8) is 0 Å². The second-order valence-electron chi connectivity index (χ2n) is 4.95. The van der Waals surface area contributed by atoms with Gasteiger partial charge in [-0.05, 0) is 38.8 Å². The monoisotopic (exact) mass is 289 g/mol. The molecule has 5 heteroatoms. The van der Waals surface area contributed by atoms with E-state index >= 15 is 0 Å². The topological polar surface area (TPSA) is 55.6 Å². The van der Waals surface area contributed by atoms with Crippen molar-refractivity contribution < 1.29 is 9.53 Å². The summed E-state index contributed by atoms with van der Waals surface area (Å²) in [6.07, 6.45) is 3.58. The number of imidazole rings is 1. The lowest BCUT2D eigenvalue weighted by Crippen LogP contribution is -2.25. The first kappa shape index (κ1) is 15.5. The van der Waals surface area contributed by atoms with Crippen molar-refractivity contribution in [2.45, 2.75) is 33.6 Å². The lowest BCUT2D eigenvalue weighted by atomic mass is 10.2. The minimum absolute atomic E-state index is 0.0560. The van der Waals surface area contributed by atoms with E-state index in [1.165, 1.54) is 0 Å². The SMILES string of the molecule is CCOCCCNC(=O)c1ccc2nc(CC)c(C)n2c1. The second kappa shape index (κ2) is 7.22. The van der Waals surface area contributed by atoms with Crippen LogP contribution < -0.4 is 5.32 Å². The molecule has 0 saturated carbocycles. The summed E-state index contributed by atoms with van der Waals surface area (Å²) in [6.45, 7) is 8.09. The highest BCUT2D eigenvalue weighted by Crippen LogP contribution is 2.13. The van der Waals surface area contributed by atoms with Crippen LogP contribution in [0.2, 0.25) is 0 Å². The number of nitrogens with zero attached hydrogens (tertiary/aromatic N) is 2. The van der Waals surface area contributed by atoms with E-state index in [0.29, 0.717) is 25.3 Å². The van der Waals surface area contributed by atoms with Gasteiger partial charge in [0.1, 0.15) is 5.65 Å². The number of hydrogen-bond acceptors (Lipinski definition) is 3. The maximum absolute atomic E-state index is 12.1. The highest BCUT2D eigenvalue weighted by atomic mass is 16.5. The molecule has 0 aliphatic rings. The van der Waals surface area contributed by atoms with Gasteiger partial charge in [0.15, 0.2) is 0 Å². The highest BCUT2D eigenvalue weighted by Gasteiger charge is 2.10. The number of fused-ring (bicyclic) bond motifs is 1. The number of hydrogen-bond donors (Lipinski definition) is 1. The Bertz CT molecular complexity index is 619. The van der Waals surface area contributed by atoms with Gasteiger partial charge in [0.05, 0.1) is 11.3 Å². The maximum atomic E-state index is 12.1. The average molecular weight is 289 g/mol. The van der Waals surface area contributed by atoms with E-state index in [2.05, 4.69) is 17.2 Å². The van der Waals surface area contributed by atoms with E-state index in [4.69, 9.17) is 4.74 Å². The molecule has 0 unspecified atom stereocenters. The Hall–Kier alpha value is -1.88. The van der Waals surface area contributed by atoms with Crippen LogP contribution in [0.25, 0.3) is 5.65 Å².